The van der Waals surface area contributed by atoms with Gasteiger partial charge < -0.3 is 15.1 Å². The molecule has 4 heteroatoms. The van der Waals surface area contributed by atoms with Crippen molar-refractivity contribution >= 4 is 11.6 Å². The summed E-state index contributed by atoms with van der Waals surface area (Å²) in [6, 6.07) is 7.08. The molecule has 25 heavy (non-hydrogen) atoms. The Kier molecular flexibility index (Phi) is 6.50. The fourth-order valence-electron chi connectivity index (χ4n) is 3.39. The number of benzene rings is 1. The standard InChI is InChI=1S/C21H35N3O/c1-16-7-8-19(17(13-16)15-23(5)6)22-18-9-11-24(12-10-18)20(25)14-21(2,3)4/h7-8,13,18,22H,9-12,14-15H2,1-6H3. The second-order valence-electron chi connectivity index (χ2n) is 8.94. The van der Waals surface area contributed by atoms with Gasteiger partial charge in [-0.15, -0.1) is 0 Å². The summed E-state index contributed by atoms with van der Waals surface area (Å²) in [6.07, 6.45) is 2.67. The first kappa shape index (κ1) is 19.8. The van der Waals surface area contributed by atoms with E-state index in [1.165, 1.54) is 16.8 Å². The molecule has 0 radical (unpaired) electrons. The van der Waals surface area contributed by atoms with E-state index in [1.807, 2.05) is 4.90 Å². The van der Waals surface area contributed by atoms with Gasteiger partial charge in [-0.2, -0.15) is 0 Å². The van der Waals surface area contributed by atoms with Crippen LogP contribution in [0.3, 0.4) is 0 Å². The topological polar surface area (TPSA) is 35.6 Å². The van der Waals surface area contributed by atoms with Gasteiger partial charge in [0.25, 0.3) is 0 Å². The number of carbonyl (C=O) groups excluding carboxylic acids is 1. The van der Waals surface area contributed by atoms with E-state index in [0.717, 1.165) is 32.5 Å². The first-order valence-electron chi connectivity index (χ1n) is 9.42. The summed E-state index contributed by atoms with van der Waals surface area (Å²) in [5.74, 6) is 0.301. The summed E-state index contributed by atoms with van der Waals surface area (Å²) >= 11 is 0. The number of aryl methyl sites for hydroxylation is 1. The van der Waals surface area contributed by atoms with E-state index in [-0.39, 0.29) is 5.41 Å². The molecule has 1 aromatic rings. The van der Waals surface area contributed by atoms with Crippen LogP contribution < -0.4 is 5.32 Å². The first-order chi connectivity index (χ1) is 11.6. The predicted octanol–water partition coefficient (Wildman–Crippen LogP) is 3.90. The molecule has 1 amide bonds. The van der Waals surface area contributed by atoms with Gasteiger partial charge >= 0.3 is 0 Å². The molecule has 1 aromatic carbocycles. The van der Waals surface area contributed by atoms with Crippen molar-refractivity contribution < 1.29 is 4.79 Å². The third kappa shape index (κ3) is 6.35. The molecule has 0 atom stereocenters. The molecular weight excluding hydrogens is 310 g/mol. The van der Waals surface area contributed by atoms with Crippen molar-refractivity contribution in [1.29, 1.82) is 0 Å². The average Bonchev–Trinajstić information content (AvgIpc) is 2.48. The predicted molar refractivity (Wildman–Crippen MR) is 106 cm³/mol. The van der Waals surface area contributed by atoms with Crippen molar-refractivity contribution in [3.63, 3.8) is 0 Å². The normalized spacial score (nSPS) is 16.4. The lowest BCUT2D eigenvalue weighted by atomic mass is 9.91. The average molecular weight is 346 g/mol. The van der Waals surface area contributed by atoms with Crippen LogP contribution >= 0.6 is 0 Å². The van der Waals surface area contributed by atoms with Crippen molar-refractivity contribution in [2.24, 2.45) is 5.41 Å². The number of nitrogens with one attached hydrogen (secondary N) is 1. The lowest BCUT2D eigenvalue weighted by Crippen LogP contribution is -2.43. The molecule has 1 fully saturated rings. The SMILES string of the molecule is Cc1ccc(NC2CCN(C(=O)CC(C)(C)C)CC2)c(CN(C)C)c1. The third-order valence-electron chi connectivity index (χ3n) is 4.64. The van der Waals surface area contributed by atoms with Gasteiger partial charge in [0.05, 0.1) is 0 Å². The minimum absolute atomic E-state index is 0.0646. The maximum Gasteiger partial charge on any atom is 0.223 e. The molecule has 1 aliphatic rings. The van der Waals surface area contributed by atoms with Gasteiger partial charge in [0.2, 0.25) is 5.91 Å². The molecule has 0 unspecified atom stereocenters. The number of hydrogen-bond donors (Lipinski definition) is 1. The molecule has 0 bridgehead atoms. The van der Waals surface area contributed by atoms with E-state index in [4.69, 9.17) is 0 Å². The molecule has 140 valence electrons. The zero-order valence-electron chi connectivity index (χ0n) is 16.9. The van der Waals surface area contributed by atoms with Gasteiger partial charge in [0.15, 0.2) is 0 Å². The van der Waals surface area contributed by atoms with Crippen molar-refractivity contribution in [1.82, 2.24) is 9.80 Å². The second kappa shape index (κ2) is 8.22. The number of amides is 1. The Morgan fingerprint density at radius 2 is 1.88 bits per heavy atom. The molecule has 2 rings (SSSR count). The Bertz CT molecular complexity index is 581. The Balaban J connectivity index is 1.93. The number of rotatable bonds is 5. The second-order valence-corrected chi connectivity index (χ2v) is 8.94. The fraction of sp³-hybridized carbons (Fsp3) is 0.667. The van der Waals surface area contributed by atoms with Gasteiger partial charge in [0, 0.05) is 37.8 Å². The first-order valence-corrected chi connectivity index (χ1v) is 9.42. The minimum atomic E-state index is 0.0646. The highest BCUT2D eigenvalue weighted by Gasteiger charge is 2.26. The van der Waals surface area contributed by atoms with Gasteiger partial charge in [-0.25, -0.2) is 0 Å². The molecular formula is C21H35N3O. The number of anilines is 1. The maximum absolute atomic E-state index is 12.4. The van der Waals surface area contributed by atoms with Crippen molar-refractivity contribution in [2.75, 3.05) is 32.5 Å². The van der Waals surface area contributed by atoms with E-state index in [9.17, 15) is 4.79 Å². The van der Waals surface area contributed by atoms with E-state index in [2.05, 4.69) is 70.2 Å². The summed E-state index contributed by atoms with van der Waals surface area (Å²) in [4.78, 5) is 16.6. The summed E-state index contributed by atoms with van der Waals surface area (Å²) in [7, 11) is 4.21. The fourth-order valence-corrected chi connectivity index (χ4v) is 3.39. The molecule has 4 nitrogen and oxygen atoms in total. The number of nitrogens with zero attached hydrogens (tertiary/aromatic N) is 2. The summed E-state index contributed by atoms with van der Waals surface area (Å²) in [5, 5.41) is 3.73. The molecule has 1 heterocycles. The van der Waals surface area contributed by atoms with E-state index in [0.29, 0.717) is 18.4 Å². The summed E-state index contributed by atoms with van der Waals surface area (Å²) < 4.78 is 0. The Morgan fingerprint density at radius 3 is 2.44 bits per heavy atom. The molecule has 0 aromatic heterocycles. The van der Waals surface area contributed by atoms with Crippen molar-refractivity contribution in [2.45, 2.75) is 59.5 Å². The Morgan fingerprint density at radius 1 is 1.24 bits per heavy atom. The van der Waals surface area contributed by atoms with Gasteiger partial charge in [-0.05, 0) is 50.9 Å². The van der Waals surface area contributed by atoms with Gasteiger partial charge in [0.1, 0.15) is 0 Å². The van der Waals surface area contributed by atoms with Crippen LogP contribution in [0.5, 0.6) is 0 Å². The third-order valence-corrected chi connectivity index (χ3v) is 4.64. The van der Waals surface area contributed by atoms with Crippen LogP contribution in [0.25, 0.3) is 0 Å². The van der Waals surface area contributed by atoms with E-state index >= 15 is 0 Å². The highest BCUT2D eigenvalue weighted by Crippen LogP contribution is 2.25. The largest absolute Gasteiger partial charge is 0.382 e. The lowest BCUT2D eigenvalue weighted by Gasteiger charge is -2.35. The minimum Gasteiger partial charge on any atom is -0.382 e. The Hall–Kier alpha value is -1.55. The van der Waals surface area contributed by atoms with E-state index in [1.54, 1.807) is 0 Å². The van der Waals surface area contributed by atoms with Crippen LogP contribution in [0.15, 0.2) is 18.2 Å². The Labute approximate surface area is 153 Å². The smallest absolute Gasteiger partial charge is 0.223 e. The summed E-state index contributed by atoms with van der Waals surface area (Å²) in [6.45, 7) is 11.2. The number of carbonyl (C=O) groups is 1. The number of hydrogen-bond acceptors (Lipinski definition) is 3. The van der Waals surface area contributed by atoms with Crippen LogP contribution in [0.4, 0.5) is 5.69 Å². The van der Waals surface area contributed by atoms with Crippen LogP contribution in [0, 0.1) is 12.3 Å². The van der Waals surface area contributed by atoms with E-state index < -0.39 is 0 Å². The molecule has 1 aliphatic heterocycles. The number of likely N-dealkylation sites (tertiary alicyclic amines) is 1. The quantitative estimate of drug-likeness (QED) is 0.879. The number of piperidine rings is 1. The zero-order valence-corrected chi connectivity index (χ0v) is 16.9. The maximum atomic E-state index is 12.4. The monoisotopic (exact) mass is 345 g/mol. The van der Waals surface area contributed by atoms with Crippen LogP contribution in [0.2, 0.25) is 0 Å². The molecule has 0 saturated carbocycles. The van der Waals surface area contributed by atoms with Crippen molar-refractivity contribution in [3.05, 3.63) is 29.3 Å². The highest BCUT2D eigenvalue weighted by atomic mass is 16.2. The van der Waals surface area contributed by atoms with Crippen molar-refractivity contribution in [3.8, 4) is 0 Å². The van der Waals surface area contributed by atoms with Gasteiger partial charge in [-0.1, -0.05) is 38.5 Å². The van der Waals surface area contributed by atoms with Crippen LogP contribution in [-0.2, 0) is 11.3 Å². The molecule has 1 saturated heterocycles. The van der Waals surface area contributed by atoms with Gasteiger partial charge in [-0.3, -0.25) is 4.79 Å². The molecule has 0 aliphatic carbocycles. The lowest BCUT2D eigenvalue weighted by molar-refractivity contribution is -0.134. The molecule has 0 spiro atoms. The highest BCUT2D eigenvalue weighted by molar-refractivity contribution is 5.77. The zero-order chi connectivity index (χ0) is 18.6. The van der Waals surface area contributed by atoms with Crippen LogP contribution in [-0.4, -0.2) is 48.9 Å². The molecule has 1 N–H and O–H groups in total. The summed E-state index contributed by atoms with van der Waals surface area (Å²) in [5.41, 5.74) is 3.94. The van der Waals surface area contributed by atoms with Crippen LogP contribution in [0.1, 0.15) is 51.2 Å².